The molecule has 3 aromatic rings. The molecule has 5 heteroatoms. The summed E-state index contributed by atoms with van der Waals surface area (Å²) in [5.41, 5.74) is 1.98. The minimum absolute atomic E-state index is 0. The van der Waals surface area contributed by atoms with Crippen molar-refractivity contribution in [2.24, 2.45) is 0 Å². The van der Waals surface area contributed by atoms with Gasteiger partial charge in [0.2, 0.25) is 0 Å². The highest BCUT2D eigenvalue weighted by Crippen LogP contribution is 2.32. The van der Waals surface area contributed by atoms with E-state index in [1.807, 2.05) is 30.5 Å². The molecule has 22 heavy (non-hydrogen) atoms. The van der Waals surface area contributed by atoms with Gasteiger partial charge in [0.25, 0.3) is 5.91 Å². The molecule has 0 aliphatic heterocycles. The maximum absolute atomic E-state index is 12.3. The summed E-state index contributed by atoms with van der Waals surface area (Å²) >= 11 is 1.52. The van der Waals surface area contributed by atoms with E-state index in [0.29, 0.717) is 0 Å². The first-order valence-corrected chi connectivity index (χ1v) is 8.37. The summed E-state index contributed by atoms with van der Waals surface area (Å²) in [5, 5.41) is 4.16. The van der Waals surface area contributed by atoms with Crippen LogP contribution in [-0.4, -0.2) is 21.9 Å². The van der Waals surface area contributed by atoms with Gasteiger partial charge >= 0.3 is 0 Å². The number of H-pyrrole nitrogens is 1. The zero-order chi connectivity index (χ0) is 15.5. The lowest BCUT2D eigenvalue weighted by Crippen LogP contribution is -2.33. The van der Waals surface area contributed by atoms with Crippen molar-refractivity contribution in [3.8, 4) is 10.4 Å². The molecule has 0 aliphatic rings. The highest BCUT2D eigenvalue weighted by atomic mass is 32.1. The monoisotopic (exact) mass is 315 g/mol. The number of carbonyl (C=O) groups excluding carboxylic acids is 1. The molecule has 0 radical (unpaired) electrons. The number of aromatic nitrogens is 2. The lowest BCUT2D eigenvalue weighted by Gasteiger charge is -2.13. The molecule has 0 aromatic carbocycles. The molecule has 3 rings (SSSR count). The molecule has 0 fully saturated rings. The second-order valence-corrected chi connectivity index (χ2v) is 6.33. The Morgan fingerprint density at radius 3 is 2.91 bits per heavy atom. The normalized spacial score (nSPS) is 11.2. The van der Waals surface area contributed by atoms with Crippen LogP contribution in [0.2, 0.25) is 0 Å². The summed E-state index contributed by atoms with van der Waals surface area (Å²) in [7, 11) is 0. The zero-order valence-corrected chi connectivity index (χ0v) is 13.5. The molecule has 3 aromatic heterocycles. The van der Waals surface area contributed by atoms with Gasteiger partial charge in [-0.2, -0.15) is 0 Å². The summed E-state index contributed by atoms with van der Waals surface area (Å²) in [6, 6.07) is 8.16. The molecule has 0 bridgehead atoms. The van der Waals surface area contributed by atoms with Gasteiger partial charge in [-0.1, -0.05) is 13.8 Å². The zero-order valence-electron chi connectivity index (χ0n) is 12.7. The summed E-state index contributed by atoms with van der Waals surface area (Å²) in [6.45, 7) is 4.18. The second-order valence-electron chi connectivity index (χ2n) is 5.25. The van der Waals surface area contributed by atoms with Crippen LogP contribution in [0.4, 0.5) is 0 Å². The molecule has 1 amide bonds. The Kier molecular flexibility index (Phi) is 4.24. The van der Waals surface area contributed by atoms with E-state index in [4.69, 9.17) is 0 Å². The summed E-state index contributed by atoms with van der Waals surface area (Å²) < 4.78 is 0. The summed E-state index contributed by atoms with van der Waals surface area (Å²) in [4.78, 5) is 21.6. The van der Waals surface area contributed by atoms with Crippen molar-refractivity contribution in [2.75, 3.05) is 0 Å². The van der Waals surface area contributed by atoms with Crippen LogP contribution < -0.4 is 5.32 Å². The number of carbonyl (C=O) groups is 1. The van der Waals surface area contributed by atoms with Crippen molar-refractivity contribution < 1.29 is 6.22 Å². The number of hydrogen-bond acceptors (Lipinski definition) is 3. The van der Waals surface area contributed by atoms with Crippen LogP contribution in [0.1, 0.15) is 37.8 Å². The molecule has 3 heterocycles. The van der Waals surface area contributed by atoms with Crippen molar-refractivity contribution in [2.45, 2.75) is 32.7 Å². The van der Waals surface area contributed by atoms with Gasteiger partial charge in [0.1, 0.15) is 5.65 Å². The van der Waals surface area contributed by atoms with Gasteiger partial charge in [-0.3, -0.25) is 4.79 Å². The Hall–Kier alpha value is -2.14. The fourth-order valence-corrected chi connectivity index (χ4v) is 3.48. The van der Waals surface area contributed by atoms with E-state index in [2.05, 4.69) is 29.1 Å². The Bertz CT molecular complexity index is 792. The number of fused-ring (bicyclic) bond motifs is 1. The fraction of sp³-hybridized carbons (Fsp3) is 0.294. The van der Waals surface area contributed by atoms with E-state index in [1.165, 1.54) is 11.3 Å². The van der Waals surface area contributed by atoms with Crippen molar-refractivity contribution in [1.29, 1.82) is 0 Å². The Labute approximate surface area is 135 Å². The number of nitrogens with one attached hydrogen (secondary N) is 2. The third-order valence-electron chi connectivity index (χ3n) is 3.88. The van der Waals surface area contributed by atoms with E-state index in [0.717, 1.165) is 39.2 Å². The van der Waals surface area contributed by atoms with Gasteiger partial charge in [0.05, 0.1) is 4.88 Å². The molecule has 0 spiro atoms. The van der Waals surface area contributed by atoms with Crippen LogP contribution in [0.5, 0.6) is 0 Å². The van der Waals surface area contributed by atoms with Crippen molar-refractivity contribution in [3.05, 3.63) is 41.5 Å². The topological polar surface area (TPSA) is 57.8 Å². The molecule has 116 valence electrons. The Morgan fingerprint density at radius 1 is 1.32 bits per heavy atom. The van der Waals surface area contributed by atoms with Gasteiger partial charge in [0.15, 0.2) is 0 Å². The summed E-state index contributed by atoms with van der Waals surface area (Å²) in [6.07, 6.45) is 5.58. The van der Waals surface area contributed by atoms with E-state index < -0.39 is 0 Å². The molecule has 0 atom stereocenters. The van der Waals surface area contributed by atoms with Crippen LogP contribution in [0, 0.1) is 0 Å². The average Bonchev–Trinajstić information content (AvgIpc) is 3.20. The number of amides is 1. The Morgan fingerprint density at radius 2 is 2.14 bits per heavy atom. The van der Waals surface area contributed by atoms with Crippen LogP contribution in [-0.2, 0) is 0 Å². The van der Waals surface area contributed by atoms with Crippen LogP contribution >= 0.6 is 11.3 Å². The van der Waals surface area contributed by atoms with Crippen molar-refractivity contribution in [1.82, 2.24) is 15.3 Å². The van der Waals surface area contributed by atoms with E-state index in [1.54, 1.807) is 6.20 Å². The molecular weight excluding hydrogens is 294 g/mol. The maximum Gasteiger partial charge on any atom is 0.261 e. The van der Waals surface area contributed by atoms with Gasteiger partial charge in [-0.15, -0.1) is 11.3 Å². The quantitative estimate of drug-likeness (QED) is 0.730. The van der Waals surface area contributed by atoms with E-state index in [-0.39, 0.29) is 13.4 Å². The predicted octanol–water partition coefficient (Wildman–Crippen LogP) is 4.46. The minimum Gasteiger partial charge on any atom is -0.349 e. The minimum atomic E-state index is 0. The van der Waals surface area contributed by atoms with Gasteiger partial charge in [0, 0.05) is 35.7 Å². The lowest BCUT2D eigenvalue weighted by molar-refractivity contribution is 0.0939. The van der Waals surface area contributed by atoms with Gasteiger partial charge in [-0.25, -0.2) is 4.98 Å². The number of nitrogens with zero attached hydrogens (tertiary/aromatic N) is 1. The van der Waals surface area contributed by atoms with Crippen LogP contribution in [0.3, 0.4) is 0 Å². The smallest absolute Gasteiger partial charge is 0.261 e. The first kappa shape index (κ1) is 14.8. The third-order valence-corrected chi connectivity index (χ3v) is 4.99. The maximum atomic E-state index is 12.3. The summed E-state index contributed by atoms with van der Waals surface area (Å²) in [5.74, 6) is 0.0179. The van der Waals surface area contributed by atoms with E-state index in [9.17, 15) is 4.79 Å². The van der Waals surface area contributed by atoms with Gasteiger partial charge < -0.3 is 10.3 Å². The predicted molar refractivity (Wildman–Crippen MR) is 93.4 cm³/mol. The standard InChI is InChI=1S/C17H19N3OS.H2/c1-3-11(4-2)20-17(21)15-6-5-14(22-15)12-7-9-18-16-13(12)8-10-19-16;/h5-11H,3-4H2,1-2H3,(H,18,19)(H,20,21);1H. The first-order valence-electron chi connectivity index (χ1n) is 7.56. The number of aromatic amines is 1. The number of pyridine rings is 1. The average molecular weight is 315 g/mol. The molecule has 0 saturated carbocycles. The largest absolute Gasteiger partial charge is 0.349 e. The van der Waals surface area contributed by atoms with Gasteiger partial charge in [-0.05, 0) is 37.1 Å². The number of hydrogen-bond donors (Lipinski definition) is 2. The van der Waals surface area contributed by atoms with Crippen LogP contribution in [0.15, 0.2) is 36.7 Å². The molecular formula is C17H21N3OS. The highest BCUT2D eigenvalue weighted by molar-refractivity contribution is 7.17. The molecule has 0 saturated heterocycles. The molecule has 4 nitrogen and oxygen atoms in total. The van der Waals surface area contributed by atoms with E-state index >= 15 is 0 Å². The molecule has 0 unspecified atom stereocenters. The molecule has 2 N–H and O–H groups in total. The number of rotatable bonds is 5. The molecule has 0 aliphatic carbocycles. The SMILES string of the molecule is CCC(CC)NC(=O)c1ccc(-c2ccnc3[nH]ccc23)s1.[HH]. The Balaban J connectivity index is 0.00000192. The van der Waals surface area contributed by atoms with Crippen molar-refractivity contribution >= 4 is 28.3 Å². The lowest BCUT2D eigenvalue weighted by atomic mass is 10.1. The first-order chi connectivity index (χ1) is 10.7. The van der Waals surface area contributed by atoms with Crippen LogP contribution in [0.25, 0.3) is 21.5 Å². The third kappa shape index (κ3) is 2.76. The highest BCUT2D eigenvalue weighted by Gasteiger charge is 2.14. The number of thiophene rings is 1. The van der Waals surface area contributed by atoms with Crippen molar-refractivity contribution in [3.63, 3.8) is 0 Å². The fourth-order valence-electron chi connectivity index (χ4n) is 2.53. The second kappa shape index (κ2) is 6.32.